The number of rotatable bonds is 3. The summed E-state index contributed by atoms with van der Waals surface area (Å²) in [5.74, 6) is -1.12. The van der Waals surface area contributed by atoms with E-state index in [-0.39, 0.29) is 36.9 Å². The van der Waals surface area contributed by atoms with Crippen molar-refractivity contribution in [1.82, 2.24) is 0 Å². The summed E-state index contributed by atoms with van der Waals surface area (Å²) in [7, 11) is 0. The Hall–Kier alpha value is -1.92. The minimum Gasteiger partial charge on any atom is -0.462 e. The van der Waals surface area contributed by atoms with Gasteiger partial charge in [0.1, 0.15) is 18.3 Å². The third-order valence-corrected chi connectivity index (χ3v) is 8.02. The Labute approximate surface area is 164 Å². The van der Waals surface area contributed by atoms with E-state index in [4.69, 9.17) is 9.47 Å². The number of fused-ring (bicyclic) bond motifs is 1. The molecule has 1 heterocycles. The fourth-order valence-corrected chi connectivity index (χ4v) is 6.15. The molecule has 3 aliphatic rings. The van der Waals surface area contributed by atoms with E-state index in [9.17, 15) is 19.8 Å². The van der Waals surface area contributed by atoms with Crippen LogP contribution in [-0.2, 0) is 14.3 Å². The lowest BCUT2D eigenvalue weighted by Gasteiger charge is -2.64. The van der Waals surface area contributed by atoms with Crippen LogP contribution in [0.2, 0.25) is 0 Å². The summed E-state index contributed by atoms with van der Waals surface area (Å²) in [6, 6.07) is 8.69. The van der Waals surface area contributed by atoms with Crippen LogP contribution in [0.25, 0.3) is 0 Å². The van der Waals surface area contributed by atoms with Crippen LogP contribution in [0.5, 0.6) is 0 Å². The Balaban J connectivity index is 1.70. The number of benzene rings is 1. The normalized spacial score (nSPS) is 44.5. The molecule has 1 aromatic rings. The third-order valence-electron chi connectivity index (χ3n) is 8.02. The number of esters is 2. The molecule has 152 valence electrons. The standard InChI is InChI=1S/C22H28O6/c1-13-9-17(23)22(26)20(3,12-27-19(25)15-7-5-4-6-8-15)14(2)16-10-21(13,22)11-18(24)28-16/h4-8,13-14,16-17,23,26H,9-12H2,1-3H3/t13-,14-,16-,17+,20-,21-,22+/m0/s1. The molecular formula is C22H28O6. The van der Waals surface area contributed by atoms with Crippen molar-refractivity contribution in [2.45, 2.75) is 57.8 Å². The van der Waals surface area contributed by atoms with Crippen molar-refractivity contribution >= 4 is 11.9 Å². The summed E-state index contributed by atoms with van der Waals surface area (Å²) in [6.07, 6.45) is -0.345. The van der Waals surface area contributed by atoms with Gasteiger partial charge in [-0.25, -0.2) is 4.79 Å². The van der Waals surface area contributed by atoms with Crippen LogP contribution in [-0.4, -0.2) is 46.6 Å². The molecule has 0 unspecified atom stereocenters. The van der Waals surface area contributed by atoms with Gasteiger partial charge in [-0.15, -0.1) is 0 Å². The number of aliphatic hydroxyl groups excluding tert-OH is 1. The van der Waals surface area contributed by atoms with E-state index in [1.807, 2.05) is 26.8 Å². The Kier molecular flexibility index (Phi) is 4.36. The molecule has 1 aliphatic heterocycles. The van der Waals surface area contributed by atoms with Crippen LogP contribution >= 0.6 is 0 Å². The molecule has 1 saturated heterocycles. The van der Waals surface area contributed by atoms with Crippen molar-refractivity contribution in [3.63, 3.8) is 0 Å². The molecule has 6 heteroatoms. The molecule has 0 amide bonds. The lowest BCUT2D eigenvalue weighted by Crippen LogP contribution is -2.73. The van der Waals surface area contributed by atoms with Crippen molar-refractivity contribution in [3.8, 4) is 0 Å². The number of carbonyl (C=O) groups excluding carboxylic acids is 2. The van der Waals surface area contributed by atoms with Crippen molar-refractivity contribution in [2.75, 3.05) is 6.61 Å². The van der Waals surface area contributed by atoms with Crippen molar-refractivity contribution < 1.29 is 29.3 Å². The van der Waals surface area contributed by atoms with E-state index in [0.29, 0.717) is 18.4 Å². The second kappa shape index (κ2) is 6.29. The summed E-state index contributed by atoms with van der Waals surface area (Å²) in [6.45, 7) is 5.66. The highest BCUT2D eigenvalue weighted by molar-refractivity contribution is 5.89. The SMILES string of the molecule is C[C@H]1C[C@@H](O)[C@]2(O)[C@@]13CC(=O)O[C@@H](C3)[C@H](C)[C@]2(C)COC(=O)c1ccccc1. The van der Waals surface area contributed by atoms with Crippen LogP contribution in [0.1, 0.15) is 50.4 Å². The molecule has 2 bridgehead atoms. The maximum absolute atomic E-state index is 12.5. The molecule has 1 aromatic carbocycles. The predicted molar refractivity (Wildman–Crippen MR) is 100 cm³/mol. The summed E-state index contributed by atoms with van der Waals surface area (Å²) < 4.78 is 11.3. The molecule has 1 spiro atoms. The van der Waals surface area contributed by atoms with Gasteiger partial charge in [0.25, 0.3) is 0 Å². The zero-order valence-corrected chi connectivity index (χ0v) is 16.6. The lowest BCUT2D eigenvalue weighted by atomic mass is 9.46. The highest BCUT2D eigenvalue weighted by Crippen LogP contribution is 2.69. The van der Waals surface area contributed by atoms with Crippen LogP contribution in [0, 0.1) is 22.7 Å². The second-order valence-electron chi connectivity index (χ2n) is 9.13. The van der Waals surface area contributed by atoms with Crippen LogP contribution in [0.15, 0.2) is 30.3 Å². The quantitative estimate of drug-likeness (QED) is 0.772. The molecule has 7 atom stereocenters. The average molecular weight is 388 g/mol. The van der Waals surface area contributed by atoms with Gasteiger partial charge in [0.05, 0.1) is 18.1 Å². The van der Waals surface area contributed by atoms with E-state index < -0.39 is 28.5 Å². The van der Waals surface area contributed by atoms with E-state index in [2.05, 4.69) is 0 Å². The van der Waals surface area contributed by atoms with Gasteiger partial charge in [-0.1, -0.05) is 39.0 Å². The maximum atomic E-state index is 12.5. The summed E-state index contributed by atoms with van der Waals surface area (Å²) >= 11 is 0. The molecule has 0 radical (unpaired) electrons. The smallest absolute Gasteiger partial charge is 0.338 e. The first-order valence-corrected chi connectivity index (χ1v) is 9.98. The largest absolute Gasteiger partial charge is 0.462 e. The van der Waals surface area contributed by atoms with Crippen LogP contribution in [0.4, 0.5) is 0 Å². The number of ether oxygens (including phenoxy) is 2. The first-order valence-electron chi connectivity index (χ1n) is 9.98. The average Bonchev–Trinajstić information content (AvgIpc) is 2.86. The monoisotopic (exact) mass is 388 g/mol. The topological polar surface area (TPSA) is 93.1 Å². The van der Waals surface area contributed by atoms with Crippen molar-refractivity contribution in [3.05, 3.63) is 35.9 Å². The van der Waals surface area contributed by atoms with Crippen LogP contribution in [0.3, 0.4) is 0 Å². The number of carbonyl (C=O) groups is 2. The van der Waals surface area contributed by atoms with Gasteiger partial charge in [0, 0.05) is 16.7 Å². The van der Waals surface area contributed by atoms with E-state index in [0.717, 1.165) is 0 Å². The second-order valence-corrected chi connectivity index (χ2v) is 9.13. The molecule has 28 heavy (non-hydrogen) atoms. The van der Waals surface area contributed by atoms with Gasteiger partial charge in [-0.2, -0.15) is 0 Å². The molecule has 4 rings (SSSR count). The minimum absolute atomic E-state index is 0.0421. The van der Waals surface area contributed by atoms with Gasteiger partial charge in [0.15, 0.2) is 0 Å². The maximum Gasteiger partial charge on any atom is 0.338 e. The van der Waals surface area contributed by atoms with Gasteiger partial charge in [0.2, 0.25) is 0 Å². The Morgan fingerprint density at radius 3 is 2.64 bits per heavy atom. The molecule has 2 saturated carbocycles. The lowest BCUT2D eigenvalue weighted by molar-refractivity contribution is -0.292. The predicted octanol–water partition coefficient (Wildman–Crippen LogP) is 2.32. The van der Waals surface area contributed by atoms with Crippen molar-refractivity contribution in [2.24, 2.45) is 22.7 Å². The number of hydrogen-bond donors (Lipinski definition) is 2. The summed E-state index contributed by atoms with van der Waals surface area (Å²) in [5.41, 5.74) is -2.83. The molecule has 2 aliphatic carbocycles. The van der Waals surface area contributed by atoms with E-state index in [1.54, 1.807) is 24.3 Å². The summed E-state index contributed by atoms with van der Waals surface area (Å²) in [4.78, 5) is 24.8. The van der Waals surface area contributed by atoms with Crippen molar-refractivity contribution in [1.29, 1.82) is 0 Å². The molecular weight excluding hydrogens is 360 g/mol. The highest BCUT2D eigenvalue weighted by atomic mass is 16.6. The molecule has 2 N–H and O–H groups in total. The highest BCUT2D eigenvalue weighted by Gasteiger charge is 2.76. The Bertz CT molecular complexity index is 793. The number of aliphatic hydroxyl groups is 2. The number of hydrogen-bond acceptors (Lipinski definition) is 6. The Morgan fingerprint density at radius 2 is 1.96 bits per heavy atom. The fraction of sp³-hybridized carbons (Fsp3) is 0.636. The first-order chi connectivity index (χ1) is 13.2. The molecule has 3 fully saturated rings. The van der Waals surface area contributed by atoms with Gasteiger partial charge >= 0.3 is 11.9 Å². The molecule has 6 nitrogen and oxygen atoms in total. The van der Waals surface area contributed by atoms with E-state index >= 15 is 0 Å². The molecule has 0 aromatic heterocycles. The zero-order valence-electron chi connectivity index (χ0n) is 16.6. The van der Waals surface area contributed by atoms with Gasteiger partial charge in [-0.3, -0.25) is 4.79 Å². The first kappa shape index (κ1) is 19.4. The minimum atomic E-state index is -1.54. The fourth-order valence-electron chi connectivity index (χ4n) is 6.15. The van der Waals surface area contributed by atoms with Crippen LogP contribution < -0.4 is 0 Å². The summed E-state index contributed by atoms with van der Waals surface area (Å²) in [5, 5.41) is 22.9. The van der Waals surface area contributed by atoms with Gasteiger partial charge < -0.3 is 19.7 Å². The zero-order chi connectivity index (χ0) is 20.3. The third kappa shape index (κ3) is 2.34. The Morgan fingerprint density at radius 1 is 1.29 bits per heavy atom. The van der Waals surface area contributed by atoms with Gasteiger partial charge in [-0.05, 0) is 30.9 Å². The van der Waals surface area contributed by atoms with E-state index in [1.165, 1.54) is 0 Å².